The molecule has 0 aromatic carbocycles. The maximum Gasteiger partial charge on any atom is 0.0362 e. The van der Waals surface area contributed by atoms with E-state index in [9.17, 15) is 0 Å². The van der Waals surface area contributed by atoms with E-state index >= 15 is 0 Å². The first-order valence-corrected chi connectivity index (χ1v) is 5.57. The molecule has 0 aliphatic rings. The molecular weight excluding hydrogens is 192 g/mol. The van der Waals surface area contributed by atoms with Crippen LogP contribution < -0.4 is 5.32 Å². The highest BCUT2D eigenvalue weighted by Crippen LogP contribution is 2.08. The Hall–Kier alpha value is -1.06. The Kier molecular flexibility index (Phi) is 3.01. The van der Waals surface area contributed by atoms with Crippen molar-refractivity contribution in [2.45, 2.75) is 13.1 Å². The molecule has 0 unspecified atom stereocenters. The summed E-state index contributed by atoms with van der Waals surface area (Å²) in [5.74, 6) is 0. The van der Waals surface area contributed by atoms with E-state index in [0.717, 1.165) is 13.1 Å². The van der Waals surface area contributed by atoms with Gasteiger partial charge in [-0.05, 0) is 23.6 Å². The van der Waals surface area contributed by atoms with Gasteiger partial charge < -0.3 is 9.88 Å². The molecule has 0 amide bonds. The Bertz CT molecular complexity index is 376. The van der Waals surface area contributed by atoms with E-state index in [2.05, 4.69) is 52.8 Å². The van der Waals surface area contributed by atoms with Gasteiger partial charge in [-0.15, -0.1) is 11.3 Å². The van der Waals surface area contributed by atoms with Crippen LogP contribution in [-0.4, -0.2) is 4.57 Å². The molecule has 0 aliphatic heterocycles. The zero-order valence-electron chi connectivity index (χ0n) is 8.23. The fourth-order valence-electron chi connectivity index (χ4n) is 1.41. The summed E-state index contributed by atoms with van der Waals surface area (Å²) in [5, 5.41) is 5.53. The molecule has 1 N–H and O–H groups in total. The van der Waals surface area contributed by atoms with Crippen molar-refractivity contribution >= 4 is 11.3 Å². The minimum absolute atomic E-state index is 0.932. The first-order chi connectivity index (χ1) is 6.86. The topological polar surface area (TPSA) is 17.0 Å². The standard InChI is InChI=1S/C11H14N2S/c1-13-6-2-4-10(13)8-12-9-11-5-3-7-14-11/h2-7,12H,8-9H2,1H3. The largest absolute Gasteiger partial charge is 0.353 e. The normalized spacial score (nSPS) is 10.6. The van der Waals surface area contributed by atoms with E-state index in [-0.39, 0.29) is 0 Å². The Morgan fingerprint density at radius 3 is 2.86 bits per heavy atom. The van der Waals surface area contributed by atoms with Gasteiger partial charge in [-0.2, -0.15) is 0 Å². The lowest BCUT2D eigenvalue weighted by Crippen LogP contribution is -2.13. The van der Waals surface area contributed by atoms with Crippen LogP contribution in [0.15, 0.2) is 35.8 Å². The molecule has 0 spiro atoms. The number of aromatic nitrogens is 1. The van der Waals surface area contributed by atoms with Crippen LogP contribution in [-0.2, 0) is 20.1 Å². The Labute approximate surface area is 88.2 Å². The lowest BCUT2D eigenvalue weighted by atomic mass is 10.4. The molecule has 0 aliphatic carbocycles. The number of rotatable bonds is 4. The van der Waals surface area contributed by atoms with Crippen LogP contribution in [0, 0.1) is 0 Å². The average Bonchev–Trinajstić information content (AvgIpc) is 2.78. The summed E-state index contributed by atoms with van der Waals surface area (Å²) >= 11 is 1.80. The molecule has 2 heterocycles. The van der Waals surface area contributed by atoms with Crippen molar-refractivity contribution < 1.29 is 0 Å². The van der Waals surface area contributed by atoms with Crippen LogP contribution in [0.5, 0.6) is 0 Å². The summed E-state index contributed by atoms with van der Waals surface area (Å²) in [6, 6.07) is 8.45. The molecule has 74 valence electrons. The van der Waals surface area contributed by atoms with Gasteiger partial charge in [0.2, 0.25) is 0 Å². The minimum Gasteiger partial charge on any atom is -0.353 e. The summed E-state index contributed by atoms with van der Waals surface area (Å²) in [6.07, 6.45) is 2.07. The van der Waals surface area contributed by atoms with Crippen molar-refractivity contribution in [1.29, 1.82) is 0 Å². The highest BCUT2D eigenvalue weighted by atomic mass is 32.1. The van der Waals surface area contributed by atoms with Crippen molar-refractivity contribution in [2.75, 3.05) is 0 Å². The molecule has 2 aromatic heterocycles. The van der Waals surface area contributed by atoms with Crippen LogP contribution in [0.2, 0.25) is 0 Å². The maximum atomic E-state index is 3.42. The van der Waals surface area contributed by atoms with Gasteiger partial charge in [-0.25, -0.2) is 0 Å². The molecule has 0 saturated heterocycles. The minimum atomic E-state index is 0.932. The third-order valence-corrected chi connectivity index (χ3v) is 3.11. The van der Waals surface area contributed by atoms with Crippen LogP contribution in [0.1, 0.15) is 10.6 Å². The Balaban J connectivity index is 1.81. The lowest BCUT2D eigenvalue weighted by Gasteiger charge is -2.04. The third-order valence-electron chi connectivity index (χ3n) is 2.24. The molecule has 0 saturated carbocycles. The summed E-state index contributed by atoms with van der Waals surface area (Å²) in [7, 11) is 2.07. The highest BCUT2D eigenvalue weighted by Gasteiger charge is 1.96. The second-order valence-electron chi connectivity index (χ2n) is 3.29. The number of hydrogen-bond acceptors (Lipinski definition) is 2. The van der Waals surface area contributed by atoms with Crippen molar-refractivity contribution in [3.8, 4) is 0 Å². The second-order valence-corrected chi connectivity index (χ2v) is 4.33. The molecule has 0 radical (unpaired) electrons. The van der Waals surface area contributed by atoms with Gasteiger partial charge in [-0.1, -0.05) is 6.07 Å². The zero-order valence-corrected chi connectivity index (χ0v) is 9.05. The molecule has 0 fully saturated rings. The Morgan fingerprint density at radius 1 is 1.29 bits per heavy atom. The SMILES string of the molecule is Cn1cccc1CNCc1cccs1. The van der Waals surface area contributed by atoms with Crippen molar-refractivity contribution in [2.24, 2.45) is 7.05 Å². The highest BCUT2D eigenvalue weighted by molar-refractivity contribution is 7.09. The fraction of sp³-hybridized carbons (Fsp3) is 0.273. The molecule has 2 aromatic rings. The fourth-order valence-corrected chi connectivity index (χ4v) is 2.08. The van der Waals surface area contributed by atoms with Gasteiger partial charge in [-0.3, -0.25) is 0 Å². The number of aryl methyl sites for hydroxylation is 1. The Morgan fingerprint density at radius 2 is 2.21 bits per heavy atom. The zero-order chi connectivity index (χ0) is 9.80. The first-order valence-electron chi connectivity index (χ1n) is 4.69. The quantitative estimate of drug-likeness (QED) is 0.812. The van der Waals surface area contributed by atoms with Gasteiger partial charge in [0.1, 0.15) is 0 Å². The van der Waals surface area contributed by atoms with E-state index < -0.39 is 0 Å². The summed E-state index contributed by atoms with van der Waals surface area (Å²) in [6.45, 7) is 1.89. The van der Waals surface area contributed by atoms with Gasteiger partial charge >= 0.3 is 0 Å². The van der Waals surface area contributed by atoms with Crippen LogP contribution >= 0.6 is 11.3 Å². The first kappa shape index (κ1) is 9.49. The molecule has 3 heteroatoms. The molecular formula is C11H14N2S. The van der Waals surface area contributed by atoms with Gasteiger partial charge in [0.05, 0.1) is 0 Å². The van der Waals surface area contributed by atoms with Crippen LogP contribution in [0.25, 0.3) is 0 Å². The summed E-state index contributed by atoms with van der Waals surface area (Å²) in [5.41, 5.74) is 1.32. The van der Waals surface area contributed by atoms with E-state index in [1.807, 2.05) is 0 Å². The van der Waals surface area contributed by atoms with Crippen molar-refractivity contribution in [1.82, 2.24) is 9.88 Å². The van der Waals surface area contributed by atoms with Crippen molar-refractivity contribution in [3.05, 3.63) is 46.4 Å². The smallest absolute Gasteiger partial charge is 0.0362 e. The van der Waals surface area contributed by atoms with Gasteiger partial charge in [0.15, 0.2) is 0 Å². The maximum absolute atomic E-state index is 3.42. The summed E-state index contributed by atoms with van der Waals surface area (Å²) < 4.78 is 2.14. The van der Waals surface area contributed by atoms with Crippen LogP contribution in [0.3, 0.4) is 0 Å². The number of nitrogens with zero attached hydrogens (tertiary/aromatic N) is 1. The van der Waals surface area contributed by atoms with E-state index in [1.54, 1.807) is 11.3 Å². The predicted molar refractivity (Wildman–Crippen MR) is 60.3 cm³/mol. The number of nitrogens with one attached hydrogen (secondary N) is 1. The van der Waals surface area contributed by atoms with Crippen LogP contribution in [0.4, 0.5) is 0 Å². The number of thiophene rings is 1. The van der Waals surface area contributed by atoms with E-state index in [1.165, 1.54) is 10.6 Å². The molecule has 0 bridgehead atoms. The molecule has 2 rings (SSSR count). The predicted octanol–water partition coefficient (Wildman–Crippen LogP) is 2.38. The molecule has 0 atom stereocenters. The number of hydrogen-bond donors (Lipinski definition) is 1. The lowest BCUT2D eigenvalue weighted by molar-refractivity contribution is 0.660. The second kappa shape index (κ2) is 4.44. The molecule has 14 heavy (non-hydrogen) atoms. The summed E-state index contributed by atoms with van der Waals surface area (Å²) in [4.78, 5) is 1.39. The van der Waals surface area contributed by atoms with Gasteiger partial charge in [0, 0.05) is 36.9 Å². The average molecular weight is 206 g/mol. The monoisotopic (exact) mass is 206 g/mol. The van der Waals surface area contributed by atoms with E-state index in [0.29, 0.717) is 0 Å². The van der Waals surface area contributed by atoms with Crippen molar-refractivity contribution in [3.63, 3.8) is 0 Å². The third kappa shape index (κ3) is 2.25. The van der Waals surface area contributed by atoms with E-state index in [4.69, 9.17) is 0 Å². The molecule has 2 nitrogen and oxygen atoms in total. The van der Waals surface area contributed by atoms with Gasteiger partial charge in [0.25, 0.3) is 0 Å².